The summed E-state index contributed by atoms with van der Waals surface area (Å²) < 4.78 is 5.60. The van der Waals surface area contributed by atoms with E-state index in [0.717, 1.165) is 49.6 Å². The largest absolute Gasteiger partial charge is 0.497 e. The summed E-state index contributed by atoms with van der Waals surface area (Å²) in [6.45, 7) is 3.38. The molecule has 1 N–H and O–H groups in total. The molecule has 0 radical (unpaired) electrons. The average Bonchev–Trinajstić information content (AvgIpc) is 3.67. The molecule has 33 heavy (non-hydrogen) atoms. The highest BCUT2D eigenvalue weighted by Gasteiger charge is 2.63. The Kier molecular flexibility index (Phi) is 5.04. The number of methoxy groups -OCH3 is 1. The first-order valence-corrected chi connectivity index (χ1v) is 12.5. The van der Waals surface area contributed by atoms with Gasteiger partial charge in [-0.3, -0.25) is 9.69 Å². The first-order chi connectivity index (χ1) is 16.0. The molecule has 2 saturated heterocycles. The van der Waals surface area contributed by atoms with E-state index in [-0.39, 0.29) is 17.4 Å². The van der Waals surface area contributed by atoms with Crippen LogP contribution in [-0.4, -0.2) is 65.7 Å². The van der Waals surface area contributed by atoms with Gasteiger partial charge in [0.25, 0.3) is 5.91 Å². The van der Waals surface area contributed by atoms with E-state index in [1.165, 1.54) is 24.0 Å². The summed E-state index contributed by atoms with van der Waals surface area (Å²) >= 11 is 0. The maximum atomic E-state index is 13.3. The second-order valence-corrected chi connectivity index (χ2v) is 10.6. The number of rotatable bonds is 4. The number of amides is 1. The van der Waals surface area contributed by atoms with Crippen LogP contribution in [0, 0.1) is 5.92 Å². The minimum absolute atomic E-state index is 0.0736. The highest BCUT2D eigenvalue weighted by atomic mass is 16.5. The fraction of sp³-hybridized carbons (Fsp3) is 0.536. The Bertz CT molecular complexity index is 1050. The molecule has 2 heterocycles. The van der Waals surface area contributed by atoms with Crippen LogP contribution in [0.25, 0.3) is 0 Å². The Morgan fingerprint density at radius 2 is 1.82 bits per heavy atom. The lowest BCUT2D eigenvalue weighted by Gasteiger charge is -2.61. The monoisotopic (exact) mass is 446 g/mol. The summed E-state index contributed by atoms with van der Waals surface area (Å²) in [6, 6.07) is 16.1. The van der Waals surface area contributed by atoms with Crippen molar-refractivity contribution in [3.05, 3.63) is 65.2 Å². The van der Waals surface area contributed by atoms with Crippen LogP contribution in [-0.2, 0) is 11.8 Å². The molecule has 2 aliphatic heterocycles. The first-order valence-electron chi connectivity index (χ1n) is 12.5. The van der Waals surface area contributed by atoms with Gasteiger partial charge in [-0.05, 0) is 86.4 Å². The summed E-state index contributed by atoms with van der Waals surface area (Å²) in [5.41, 5.74) is 2.14. The molecule has 2 bridgehead atoms. The van der Waals surface area contributed by atoms with Gasteiger partial charge in [-0.25, -0.2) is 0 Å². The van der Waals surface area contributed by atoms with E-state index in [4.69, 9.17) is 4.74 Å². The van der Waals surface area contributed by atoms with E-state index in [0.29, 0.717) is 19.5 Å². The number of carbonyl (C=O) groups is 1. The third-order valence-electron chi connectivity index (χ3n) is 8.96. The summed E-state index contributed by atoms with van der Waals surface area (Å²) in [4.78, 5) is 17.9. The summed E-state index contributed by atoms with van der Waals surface area (Å²) in [6.07, 6.45) is 5.85. The van der Waals surface area contributed by atoms with Gasteiger partial charge in [0.1, 0.15) is 5.75 Å². The zero-order valence-electron chi connectivity index (χ0n) is 19.5. The Hall–Kier alpha value is -2.37. The zero-order chi connectivity index (χ0) is 22.6. The third kappa shape index (κ3) is 3.31. The SMILES string of the molecule is COc1ccc2c(c1)C13CCN(C(=O)c4ccccc4)CCC1(O)C(C2)N(CC1CC1)CC3. The average molecular weight is 447 g/mol. The lowest BCUT2D eigenvalue weighted by molar-refractivity contribution is -0.149. The van der Waals surface area contributed by atoms with Crippen molar-refractivity contribution >= 4 is 5.91 Å². The van der Waals surface area contributed by atoms with Crippen LogP contribution in [0.3, 0.4) is 0 Å². The predicted molar refractivity (Wildman–Crippen MR) is 128 cm³/mol. The Morgan fingerprint density at radius 1 is 1.06 bits per heavy atom. The number of piperidine rings is 1. The van der Waals surface area contributed by atoms with Crippen molar-refractivity contribution in [2.75, 3.05) is 33.3 Å². The molecule has 6 rings (SSSR count). The number of fused-ring (bicyclic) bond motifs is 1. The second kappa shape index (κ2) is 7.85. The zero-order valence-corrected chi connectivity index (χ0v) is 19.5. The van der Waals surface area contributed by atoms with Gasteiger partial charge in [-0.2, -0.15) is 0 Å². The molecule has 5 nitrogen and oxygen atoms in total. The van der Waals surface area contributed by atoms with E-state index in [1.807, 2.05) is 35.2 Å². The van der Waals surface area contributed by atoms with Crippen molar-refractivity contribution in [2.45, 2.75) is 55.6 Å². The van der Waals surface area contributed by atoms with Gasteiger partial charge in [0, 0.05) is 36.7 Å². The number of carbonyl (C=O) groups excluding carboxylic acids is 1. The molecular weight excluding hydrogens is 412 g/mol. The molecule has 2 aliphatic carbocycles. The van der Waals surface area contributed by atoms with Gasteiger partial charge >= 0.3 is 0 Å². The molecule has 2 aromatic carbocycles. The molecule has 0 spiro atoms. The lowest BCUT2D eigenvalue weighted by atomic mass is 9.52. The van der Waals surface area contributed by atoms with E-state index in [1.54, 1.807) is 7.11 Å². The van der Waals surface area contributed by atoms with Crippen molar-refractivity contribution in [1.82, 2.24) is 9.80 Å². The minimum Gasteiger partial charge on any atom is -0.497 e. The second-order valence-electron chi connectivity index (χ2n) is 10.6. The number of ether oxygens (including phenoxy) is 1. The topological polar surface area (TPSA) is 53.0 Å². The van der Waals surface area contributed by atoms with Crippen LogP contribution in [0.15, 0.2) is 48.5 Å². The van der Waals surface area contributed by atoms with Crippen LogP contribution in [0.5, 0.6) is 5.75 Å². The van der Waals surface area contributed by atoms with Crippen LogP contribution < -0.4 is 4.74 Å². The Morgan fingerprint density at radius 3 is 2.58 bits per heavy atom. The van der Waals surface area contributed by atoms with Gasteiger partial charge in [0.15, 0.2) is 0 Å². The molecular formula is C28H34N2O3. The normalized spacial score (nSPS) is 31.3. The molecule has 5 heteroatoms. The summed E-state index contributed by atoms with van der Waals surface area (Å²) in [5.74, 6) is 1.72. The van der Waals surface area contributed by atoms with Gasteiger partial charge in [-0.1, -0.05) is 24.3 Å². The van der Waals surface area contributed by atoms with Crippen molar-refractivity contribution in [3.8, 4) is 5.75 Å². The van der Waals surface area contributed by atoms with Crippen LogP contribution in [0.1, 0.15) is 53.6 Å². The van der Waals surface area contributed by atoms with Gasteiger partial charge in [-0.15, -0.1) is 0 Å². The molecule has 2 aromatic rings. The fourth-order valence-corrected chi connectivity index (χ4v) is 6.95. The summed E-state index contributed by atoms with van der Waals surface area (Å²) in [5, 5.41) is 12.6. The number of benzene rings is 2. The summed E-state index contributed by atoms with van der Waals surface area (Å²) in [7, 11) is 1.71. The standard InChI is InChI=1S/C28H34N2O3/c1-33-23-10-9-22-17-25-28(32)13-16-29(26(31)21-5-3-2-4-6-21)14-11-27(28,24(22)18-23)12-15-30(25)19-20-7-8-20/h2-6,9-10,18,20,25,32H,7-8,11-17,19H2,1H3. The molecule has 4 aliphatic rings. The van der Waals surface area contributed by atoms with Gasteiger partial charge in [0.05, 0.1) is 12.7 Å². The molecule has 174 valence electrons. The third-order valence-corrected chi connectivity index (χ3v) is 8.96. The number of aliphatic hydroxyl groups is 1. The predicted octanol–water partition coefficient (Wildman–Crippen LogP) is 3.64. The van der Waals surface area contributed by atoms with E-state index in [2.05, 4.69) is 23.1 Å². The Labute approximate surface area is 196 Å². The minimum atomic E-state index is -0.842. The van der Waals surface area contributed by atoms with Crippen molar-refractivity contribution < 1.29 is 14.6 Å². The van der Waals surface area contributed by atoms with Gasteiger partial charge in [0.2, 0.25) is 0 Å². The molecule has 1 amide bonds. The van der Waals surface area contributed by atoms with E-state index in [9.17, 15) is 9.90 Å². The maximum absolute atomic E-state index is 13.3. The molecule has 3 atom stereocenters. The molecule has 3 unspecified atom stereocenters. The van der Waals surface area contributed by atoms with Crippen molar-refractivity contribution in [3.63, 3.8) is 0 Å². The van der Waals surface area contributed by atoms with Crippen molar-refractivity contribution in [2.24, 2.45) is 5.92 Å². The van der Waals surface area contributed by atoms with E-state index < -0.39 is 5.60 Å². The molecule has 0 aromatic heterocycles. The fourth-order valence-electron chi connectivity index (χ4n) is 6.95. The van der Waals surface area contributed by atoms with Crippen molar-refractivity contribution in [1.29, 1.82) is 0 Å². The lowest BCUT2D eigenvalue weighted by Crippen LogP contribution is -2.71. The number of hydrogen-bond donors (Lipinski definition) is 1. The van der Waals surface area contributed by atoms with Crippen LogP contribution >= 0.6 is 0 Å². The highest BCUT2D eigenvalue weighted by Crippen LogP contribution is 2.56. The van der Waals surface area contributed by atoms with E-state index >= 15 is 0 Å². The smallest absolute Gasteiger partial charge is 0.253 e. The van der Waals surface area contributed by atoms with Crippen LogP contribution in [0.4, 0.5) is 0 Å². The number of likely N-dealkylation sites (tertiary alicyclic amines) is 2. The molecule has 1 saturated carbocycles. The highest BCUT2D eigenvalue weighted by molar-refractivity contribution is 5.94. The maximum Gasteiger partial charge on any atom is 0.253 e. The van der Waals surface area contributed by atoms with Crippen LogP contribution in [0.2, 0.25) is 0 Å². The molecule has 3 fully saturated rings. The first kappa shape index (κ1) is 21.2. The van der Waals surface area contributed by atoms with Gasteiger partial charge < -0.3 is 14.7 Å². The quantitative estimate of drug-likeness (QED) is 0.779. The number of nitrogens with zero attached hydrogens (tertiary/aromatic N) is 2. The Balaban J connectivity index is 1.40. The number of hydrogen-bond acceptors (Lipinski definition) is 4.